The first-order valence-corrected chi connectivity index (χ1v) is 4.31. The molecule has 0 saturated carbocycles. The van der Waals surface area contributed by atoms with Gasteiger partial charge in [-0.2, -0.15) is 0 Å². The topological polar surface area (TPSA) is 36.4 Å². The Kier molecular flexibility index (Phi) is 2.14. The predicted molar refractivity (Wildman–Crippen MR) is 47.0 cm³/mol. The average molecular weight is 182 g/mol. The molecule has 1 aliphatic rings. The Hall–Kier alpha value is -1.16. The van der Waals surface area contributed by atoms with Crippen LogP contribution in [0.3, 0.4) is 0 Å². The SMILES string of the molecule is O[C@H]1CCN(c2ncccc2F)C1. The molecule has 1 fully saturated rings. The Labute approximate surface area is 75.8 Å². The van der Waals surface area contributed by atoms with Crippen molar-refractivity contribution >= 4 is 5.82 Å². The first kappa shape index (κ1) is 8.44. The number of aromatic nitrogens is 1. The summed E-state index contributed by atoms with van der Waals surface area (Å²) in [4.78, 5) is 5.70. The number of rotatable bonds is 1. The van der Waals surface area contributed by atoms with Crippen LogP contribution < -0.4 is 4.90 Å². The van der Waals surface area contributed by atoms with Gasteiger partial charge in [0.1, 0.15) is 0 Å². The Morgan fingerprint density at radius 2 is 2.46 bits per heavy atom. The summed E-state index contributed by atoms with van der Waals surface area (Å²) >= 11 is 0. The second-order valence-electron chi connectivity index (χ2n) is 3.20. The molecular weight excluding hydrogens is 171 g/mol. The summed E-state index contributed by atoms with van der Waals surface area (Å²) in [6.45, 7) is 1.16. The summed E-state index contributed by atoms with van der Waals surface area (Å²) in [7, 11) is 0. The van der Waals surface area contributed by atoms with Crippen molar-refractivity contribution in [1.29, 1.82) is 0 Å². The van der Waals surface area contributed by atoms with Crippen LogP contribution in [0.4, 0.5) is 10.2 Å². The van der Waals surface area contributed by atoms with E-state index >= 15 is 0 Å². The summed E-state index contributed by atoms with van der Waals surface area (Å²) in [5.74, 6) is 0.0238. The van der Waals surface area contributed by atoms with E-state index in [1.165, 1.54) is 6.07 Å². The second kappa shape index (κ2) is 3.30. The van der Waals surface area contributed by atoms with Gasteiger partial charge in [-0.05, 0) is 18.6 Å². The van der Waals surface area contributed by atoms with Gasteiger partial charge < -0.3 is 10.0 Å². The lowest BCUT2D eigenvalue weighted by molar-refractivity contribution is 0.198. The zero-order valence-electron chi connectivity index (χ0n) is 7.15. The van der Waals surface area contributed by atoms with Gasteiger partial charge in [0.2, 0.25) is 0 Å². The fourth-order valence-electron chi connectivity index (χ4n) is 1.54. The highest BCUT2D eigenvalue weighted by Crippen LogP contribution is 2.20. The van der Waals surface area contributed by atoms with Gasteiger partial charge in [-0.25, -0.2) is 9.37 Å². The van der Waals surface area contributed by atoms with Crippen molar-refractivity contribution in [3.63, 3.8) is 0 Å². The first-order valence-electron chi connectivity index (χ1n) is 4.31. The third kappa shape index (κ3) is 1.62. The lowest BCUT2D eigenvalue weighted by atomic mass is 10.3. The second-order valence-corrected chi connectivity index (χ2v) is 3.20. The van der Waals surface area contributed by atoms with Crippen molar-refractivity contribution in [3.8, 4) is 0 Å². The third-order valence-corrected chi connectivity index (χ3v) is 2.20. The molecule has 1 aromatic rings. The van der Waals surface area contributed by atoms with Gasteiger partial charge in [0, 0.05) is 19.3 Å². The van der Waals surface area contributed by atoms with Gasteiger partial charge in [0.05, 0.1) is 6.10 Å². The van der Waals surface area contributed by atoms with Crippen LogP contribution in [-0.2, 0) is 0 Å². The fraction of sp³-hybridized carbons (Fsp3) is 0.444. The van der Waals surface area contributed by atoms with Gasteiger partial charge in [0.15, 0.2) is 11.6 Å². The van der Waals surface area contributed by atoms with Gasteiger partial charge in [-0.15, -0.1) is 0 Å². The first-order chi connectivity index (χ1) is 6.27. The largest absolute Gasteiger partial charge is 0.391 e. The van der Waals surface area contributed by atoms with Crippen LogP contribution in [0.15, 0.2) is 18.3 Å². The number of hydrogen-bond acceptors (Lipinski definition) is 3. The number of aliphatic hydroxyl groups is 1. The van der Waals surface area contributed by atoms with E-state index in [-0.39, 0.29) is 11.9 Å². The minimum absolute atomic E-state index is 0.323. The standard InChI is InChI=1S/C9H11FN2O/c10-8-2-1-4-11-9(8)12-5-3-7(13)6-12/h1-2,4,7,13H,3,5-6H2/t7-/m0/s1. The summed E-state index contributed by atoms with van der Waals surface area (Å²) in [5, 5.41) is 9.26. The lowest BCUT2D eigenvalue weighted by Crippen LogP contribution is -2.23. The maximum Gasteiger partial charge on any atom is 0.165 e. The fourth-order valence-corrected chi connectivity index (χ4v) is 1.54. The summed E-state index contributed by atoms with van der Waals surface area (Å²) in [6.07, 6.45) is 1.90. The Balaban J connectivity index is 2.21. The number of nitrogens with zero attached hydrogens (tertiary/aromatic N) is 2. The molecule has 1 N–H and O–H groups in total. The maximum atomic E-state index is 13.2. The zero-order chi connectivity index (χ0) is 9.26. The molecule has 0 unspecified atom stereocenters. The van der Waals surface area contributed by atoms with Crippen molar-refractivity contribution in [2.75, 3.05) is 18.0 Å². The van der Waals surface area contributed by atoms with Crippen LogP contribution in [0.5, 0.6) is 0 Å². The van der Waals surface area contributed by atoms with E-state index in [1.54, 1.807) is 17.2 Å². The molecule has 0 spiro atoms. The van der Waals surface area contributed by atoms with Crippen LogP contribution in [0.1, 0.15) is 6.42 Å². The summed E-state index contributed by atoms with van der Waals surface area (Å²) < 4.78 is 13.2. The number of anilines is 1. The number of β-amino-alcohol motifs (C(OH)–C–C–N with tert-alkyl or cyclic N) is 1. The van der Waals surface area contributed by atoms with Crippen LogP contribution >= 0.6 is 0 Å². The van der Waals surface area contributed by atoms with E-state index in [1.807, 2.05) is 0 Å². The molecule has 1 aromatic heterocycles. The van der Waals surface area contributed by atoms with Gasteiger partial charge in [-0.3, -0.25) is 0 Å². The van der Waals surface area contributed by atoms with E-state index in [4.69, 9.17) is 0 Å². The third-order valence-electron chi connectivity index (χ3n) is 2.20. The molecule has 0 amide bonds. The van der Waals surface area contributed by atoms with Crippen LogP contribution in [0.25, 0.3) is 0 Å². The highest BCUT2D eigenvalue weighted by molar-refractivity contribution is 5.40. The van der Waals surface area contributed by atoms with E-state index in [2.05, 4.69) is 4.98 Å². The monoisotopic (exact) mass is 182 g/mol. The number of pyridine rings is 1. The molecule has 70 valence electrons. The highest BCUT2D eigenvalue weighted by Gasteiger charge is 2.23. The van der Waals surface area contributed by atoms with Crippen molar-refractivity contribution in [1.82, 2.24) is 4.98 Å². The molecule has 3 nitrogen and oxygen atoms in total. The van der Waals surface area contributed by atoms with E-state index < -0.39 is 0 Å². The van der Waals surface area contributed by atoms with Crippen molar-refractivity contribution < 1.29 is 9.50 Å². The molecular formula is C9H11FN2O. The molecule has 4 heteroatoms. The number of hydrogen-bond donors (Lipinski definition) is 1. The van der Waals surface area contributed by atoms with Gasteiger partial charge in [-0.1, -0.05) is 0 Å². The molecule has 2 rings (SSSR count). The summed E-state index contributed by atoms with van der Waals surface area (Å²) in [5.41, 5.74) is 0. The summed E-state index contributed by atoms with van der Waals surface area (Å²) in [6, 6.07) is 2.94. The molecule has 13 heavy (non-hydrogen) atoms. The minimum atomic E-state index is -0.346. The molecule has 0 aliphatic carbocycles. The van der Waals surface area contributed by atoms with Crippen LogP contribution in [0, 0.1) is 5.82 Å². The molecule has 1 saturated heterocycles. The maximum absolute atomic E-state index is 13.2. The number of halogens is 1. The van der Waals surface area contributed by atoms with Crippen molar-refractivity contribution in [2.24, 2.45) is 0 Å². The predicted octanol–water partition coefficient (Wildman–Crippen LogP) is 0.792. The Bertz CT molecular complexity index is 305. The smallest absolute Gasteiger partial charge is 0.165 e. The molecule has 2 heterocycles. The minimum Gasteiger partial charge on any atom is -0.391 e. The normalized spacial score (nSPS) is 22.3. The van der Waals surface area contributed by atoms with E-state index in [0.29, 0.717) is 25.3 Å². The van der Waals surface area contributed by atoms with Crippen molar-refractivity contribution in [2.45, 2.75) is 12.5 Å². The lowest BCUT2D eigenvalue weighted by Gasteiger charge is -2.16. The quantitative estimate of drug-likeness (QED) is 0.697. The van der Waals surface area contributed by atoms with Crippen molar-refractivity contribution in [3.05, 3.63) is 24.1 Å². The molecule has 1 aliphatic heterocycles. The molecule has 0 radical (unpaired) electrons. The van der Waals surface area contributed by atoms with Gasteiger partial charge >= 0.3 is 0 Å². The van der Waals surface area contributed by atoms with E-state index in [0.717, 1.165) is 0 Å². The number of aliphatic hydroxyl groups excluding tert-OH is 1. The average Bonchev–Trinajstić information content (AvgIpc) is 2.53. The molecule has 1 atom stereocenters. The Morgan fingerprint density at radius 3 is 3.08 bits per heavy atom. The Morgan fingerprint density at radius 1 is 1.62 bits per heavy atom. The molecule has 0 aromatic carbocycles. The molecule has 0 bridgehead atoms. The van der Waals surface area contributed by atoms with Crippen LogP contribution in [0.2, 0.25) is 0 Å². The van der Waals surface area contributed by atoms with Crippen LogP contribution in [-0.4, -0.2) is 29.3 Å². The highest BCUT2D eigenvalue weighted by atomic mass is 19.1. The van der Waals surface area contributed by atoms with Gasteiger partial charge in [0.25, 0.3) is 0 Å². The zero-order valence-corrected chi connectivity index (χ0v) is 7.15. The van der Waals surface area contributed by atoms with E-state index in [9.17, 15) is 9.50 Å².